The number of unbranched alkanes of at least 4 members (excludes halogenated alkanes) is 12. The van der Waals surface area contributed by atoms with Gasteiger partial charge in [0.25, 0.3) is 0 Å². The first-order valence-corrected chi connectivity index (χ1v) is 17.3. The van der Waals surface area contributed by atoms with Crippen LogP contribution in [0, 0.1) is 13.8 Å². The van der Waals surface area contributed by atoms with E-state index in [0.717, 1.165) is 35.6 Å². The van der Waals surface area contributed by atoms with Gasteiger partial charge in [-0.3, -0.25) is 0 Å². The van der Waals surface area contributed by atoms with E-state index in [9.17, 15) is 0 Å². The first kappa shape index (κ1) is 35.1. The molecule has 0 bridgehead atoms. The minimum atomic E-state index is 0.821. The maximum absolute atomic E-state index is 4.52. The lowest BCUT2D eigenvalue weighted by atomic mass is 10.1. The minimum absolute atomic E-state index is 0.821. The molecule has 4 heteroatoms. The number of rotatable bonds is 18. The zero-order chi connectivity index (χ0) is 31.2. The molecule has 0 unspecified atom stereocenters. The molecular weight excluding hydrogens is 536 g/mol. The number of hydrogen-bond donors (Lipinski definition) is 0. The molecule has 0 aliphatic heterocycles. The summed E-state index contributed by atoms with van der Waals surface area (Å²) in [4.78, 5) is 18.0. The summed E-state index contributed by atoms with van der Waals surface area (Å²) in [5.41, 5.74) is 7.22. The molecule has 4 rings (SSSR count). The average molecular weight is 593 g/mol. The molecule has 0 radical (unpaired) electrons. The van der Waals surface area contributed by atoms with Gasteiger partial charge in [-0.2, -0.15) is 0 Å². The number of aromatic nitrogens is 4. The molecule has 0 fully saturated rings. The van der Waals surface area contributed by atoms with E-state index in [-0.39, 0.29) is 0 Å². The van der Waals surface area contributed by atoms with Crippen molar-refractivity contribution in [2.75, 3.05) is 0 Å². The summed E-state index contributed by atoms with van der Waals surface area (Å²) in [6.45, 7) is 8.71. The molecule has 4 aromatic rings. The van der Waals surface area contributed by atoms with Gasteiger partial charge in [0, 0.05) is 35.9 Å². The Labute approximate surface area is 268 Å². The molecule has 0 aliphatic carbocycles. The Balaban J connectivity index is 0.000000241. The van der Waals surface area contributed by atoms with Crippen LogP contribution >= 0.6 is 0 Å². The zero-order valence-electron chi connectivity index (χ0n) is 28.0. The van der Waals surface area contributed by atoms with Crippen molar-refractivity contribution in [3.8, 4) is 22.8 Å². The van der Waals surface area contributed by atoms with E-state index >= 15 is 0 Å². The second kappa shape index (κ2) is 21.3. The summed E-state index contributed by atoms with van der Waals surface area (Å²) in [5, 5.41) is 0. The second-order valence-corrected chi connectivity index (χ2v) is 12.3. The van der Waals surface area contributed by atoms with Gasteiger partial charge in [-0.05, 0) is 50.7 Å². The lowest BCUT2D eigenvalue weighted by Crippen LogP contribution is -1.93. The number of aryl methyl sites for hydroxylation is 4. The highest BCUT2D eigenvalue weighted by Gasteiger charge is 2.03. The van der Waals surface area contributed by atoms with Crippen LogP contribution in [0.2, 0.25) is 0 Å². The largest absolute Gasteiger partial charge is 0.236 e. The Morgan fingerprint density at radius 1 is 0.386 bits per heavy atom. The van der Waals surface area contributed by atoms with E-state index < -0.39 is 0 Å². The van der Waals surface area contributed by atoms with Crippen molar-refractivity contribution >= 4 is 0 Å². The molecule has 0 amide bonds. The van der Waals surface area contributed by atoms with Crippen LogP contribution in [0.1, 0.15) is 126 Å². The SMILES string of the molecule is CCCCCCCCCCc1cnc(-c2ccc(C)cc2)nc1.CCCCCCCCc1cnc(-c2ccc(C)cc2)nc1. The molecule has 0 saturated carbocycles. The van der Waals surface area contributed by atoms with Crippen LogP contribution in [-0.4, -0.2) is 19.9 Å². The third-order valence-electron chi connectivity index (χ3n) is 8.17. The number of nitrogens with zero attached hydrogens (tertiary/aromatic N) is 4. The van der Waals surface area contributed by atoms with Crippen molar-refractivity contribution in [2.24, 2.45) is 0 Å². The molecule has 4 nitrogen and oxygen atoms in total. The summed E-state index contributed by atoms with van der Waals surface area (Å²) in [7, 11) is 0. The maximum atomic E-state index is 4.52. The van der Waals surface area contributed by atoms with E-state index in [4.69, 9.17) is 0 Å². The van der Waals surface area contributed by atoms with Crippen LogP contribution in [0.5, 0.6) is 0 Å². The van der Waals surface area contributed by atoms with Crippen molar-refractivity contribution < 1.29 is 0 Å². The van der Waals surface area contributed by atoms with Crippen LogP contribution < -0.4 is 0 Å². The molecule has 0 atom stereocenters. The van der Waals surface area contributed by atoms with Crippen LogP contribution in [-0.2, 0) is 12.8 Å². The minimum Gasteiger partial charge on any atom is -0.236 e. The first-order chi connectivity index (χ1) is 21.6. The highest BCUT2D eigenvalue weighted by atomic mass is 14.9. The van der Waals surface area contributed by atoms with Crippen molar-refractivity contribution in [1.29, 1.82) is 0 Å². The molecule has 0 saturated heterocycles. The van der Waals surface area contributed by atoms with Gasteiger partial charge in [0.15, 0.2) is 11.6 Å². The molecule has 2 aromatic heterocycles. The Morgan fingerprint density at radius 2 is 0.682 bits per heavy atom. The van der Waals surface area contributed by atoms with Gasteiger partial charge < -0.3 is 0 Å². The fourth-order valence-corrected chi connectivity index (χ4v) is 5.24. The molecule has 0 aliphatic rings. The van der Waals surface area contributed by atoms with Crippen molar-refractivity contribution in [2.45, 2.75) is 130 Å². The summed E-state index contributed by atoms with van der Waals surface area (Å²) in [6.07, 6.45) is 29.0. The summed E-state index contributed by atoms with van der Waals surface area (Å²) >= 11 is 0. The Morgan fingerprint density at radius 3 is 1.00 bits per heavy atom. The molecule has 2 heterocycles. The monoisotopic (exact) mass is 592 g/mol. The Bertz CT molecular complexity index is 1260. The molecule has 236 valence electrons. The van der Waals surface area contributed by atoms with E-state index in [2.05, 4.69) is 96.2 Å². The third kappa shape index (κ3) is 13.9. The van der Waals surface area contributed by atoms with Crippen molar-refractivity contribution in [3.05, 3.63) is 95.6 Å². The van der Waals surface area contributed by atoms with Crippen molar-refractivity contribution in [1.82, 2.24) is 19.9 Å². The molecule has 44 heavy (non-hydrogen) atoms. The van der Waals surface area contributed by atoms with Gasteiger partial charge in [-0.15, -0.1) is 0 Å². The molecular formula is C40H56N4. The normalized spacial score (nSPS) is 10.8. The second-order valence-electron chi connectivity index (χ2n) is 12.3. The maximum Gasteiger partial charge on any atom is 0.159 e. The summed E-state index contributed by atoms with van der Waals surface area (Å²) in [6, 6.07) is 16.7. The van der Waals surface area contributed by atoms with E-state index in [1.165, 1.54) is 112 Å². The van der Waals surface area contributed by atoms with Gasteiger partial charge in [0.05, 0.1) is 0 Å². The van der Waals surface area contributed by atoms with Gasteiger partial charge in [-0.25, -0.2) is 19.9 Å². The smallest absolute Gasteiger partial charge is 0.159 e. The highest BCUT2D eigenvalue weighted by molar-refractivity contribution is 5.55. The molecule has 2 aromatic carbocycles. The standard InChI is InChI=1S/C21H30N2.C19H26N2/c1-3-4-5-6-7-8-9-10-11-19-16-22-21(23-17-19)20-14-12-18(2)13-15-20;1-3-4-5-6-7-8-9-17-14-20-19(21-15-17)18-12-10-16(2)11-13-18/h12-17H,3-11H2,1-2H3;10-15H,3-9H2,1-2H3. The van der Waals surface area contributed by atoms with Gasteiger partial charge in [0.1, 0.15) is 0 Å². The van der Waals surface area contributed by atoms with E-state index in [1.54, 1.807) is 0 Å². The van der Waals surface area contributed by atoms with Gasteiger partial charge >= 0.3 is 0 Å². The molecule has 0 spiro atoms. The van der Waals surface area contributed by atoms with Gasteiger partial charge in [0.2, 0.25) is 0 Å². The van der Waals surface area contributed by atoms with Gasteiger partial charge in [-0.1, -0.05) is 151 Å². The Hall–Kier alpha value is -3.40. The lowest BCUT2D eigenvalue weighted by Gasteiger charge is -2.04. The van der Waals surface area contributed by atoms with Crippen LogP contribution in [0.25, 0.3) is 22.8 Å². The van der Waals surface area contributed by atoms with Crippen LogP contribution in [0.3, 0.4) is 0 Å². The first-order valence-electron chi connectivity index (χ1n) is 17.3. The predicted molar refractivity (Wildman–Crippen MR) is 188 cm³/mol. The summed E-state index contributed by atoms with van der Waals surface area (Å²) in [5.74, 6) is 1.64. The Kier molecular flexibility index (Phi) is 17.0. The van der Waals surface area contributed by atoms with Crippen LogP contribution in [0.15, 0.2) is 73.3 Å². The lowest BCUT2D eigenvalue weighted by molar-refractivity contribution is 0.575. The fourth-order valence-electron chi connectivity index (χ4n) is 5.24. The van der Waals surface area contributed by atoms with Crippen LogP contribution in [0.4, 0.5) is 0 Å². The number of hydrogen-bond acceptors (Lipinski definition) is 4. The van der Waals surface area contributed by atoms with Crippen molar-refractivity contribution in [3.63, 3.8) is 0 Å². The van der Waals surface area contributed by atoms with E-state index in [0.29, 0.717) is 0 Å². The number of benzene rings is 2. The zero-order valence-corrected chi connectivity index (χ0v) is 28.0. The van der Waals surface area contributed by atoms with E-state index in [1.807, 2.05) is 24.8 Å². The third-order valence-corrected chi connectivity index (χ3v) is 8.17. The molecule has 0 N–H and O–H groups in total. The highest BCUT2D eigenvalue weighted by Crippen LogP contribution is 2.17. The average Bonchev–Trinajstić information content (AvgIpc) is 3.06. The predicted octanol–water partition coefficient (Wildman–Crippen LogP) is 11.5. The quantitative estimate of drug-likeness (QED) is 0.108. The summed E-state index contributed by atoms with van der Waals surface area (Å²) < 4.78 is 0. The fraction of sp³-hybridized carbons (Fsp3) is 0.500. The topological polar surface area (TPSA) is 51.6 Å².